The predicted molar refractivity (Wildman–Crippen MR) is 113 cm³/mol. The van der Waals surface area contributed by atoms with Crippen molar-refractivity contribution in [2.45, 2.75) is 38.3 Å². The van der Waals surface area contributed by atoms with Crippen molar-refractivity contribution >= 4 is 5.91 Å². The minimum absolute atomic E-state index is 0.177. The number of carbonyl (C=O) groups is 1. The number of carbonyl (C=O) groups excluding carboxylic acids is 1. The fraction of sp³-hybridized carbons (Fsp3) is 0.727. The van der Waals surface area contributed by atoms with Crippen LogP contribution in [-0.4, -0.2) is 96.9 Å². The normalized spacial score (nSPS) is 22.5. The summed E-state index contributed by atoms with van der Waals surface area (Å²) < 4.78 is 0. The second-order valence-corrected chi connectivity index (χ2v) is 8.76. The maximum Gasteiger partial charge on any atom is 0.226 e. The standard InChI is InChI=1S/C22H37N5O/c1-24(2)15-16-25(3)22(28)20-5-4-12-27(18-20)21-8-13-26(14-9-21)17-19-6-10-23-11-7-19/h6-7,10-11,20-21H,4-5,8-9,12-18H2,1-3H3. The summed E-state index contributed by atoms with van der Waals surface area (Å²) in [5.74, 6) is 0.512. The summed E-state index contributed by atoms with van der Waals surface area (Å²) in [6.07, 6.45) is 8.37. The Morgan fingerprint density at radius 3 is 2.46 bits per heavy atom. The van der Waals surface area contributed by atoms with E-state index < -0.39 is 0 Å². The molecule has 3 heterocycles. The van der Waals surface area contributed by atoms with E-state index >= 15 is 0 Å². The van der Waals surface area contributed by atoms with Crippen LogP contribution >= 0.6 is 0 Å². The van der Waals surface area contributed by atoms with Crippen molar-refractivity contribution in [3.63, 3.8) is 0 Å². The first kappa shape index (κ1) is 21.2. The number of rotatable bonds is 7. The van der Waals surface area contributed by atoms with Gasteiger partial charge in [0.2, 0.25) is 5.91 Å². The molecule has 6 nitrogen and oxygen atoms in total. The number of likely N-dealkylation sites (tertiary alicyclic amines) is 2. The third-order valence-electron chi connectivity index (χ3n) is 6.29. The molecule has 2 aliphatic rings. The lowest BCUT2D eigenvalue weighted by molar-refractivity contribution is -0.136. The van der Waals surface area contributed by atoms with E-state index in [4.69, 9.17) is 0 Å². The Hall–Kier alpha value is -1.50. The topological polar surface area (TPSA) is 42.9 Å². The molecule has 156 valence electrons. The molecule has 2 saturated heterocycles. The summed E-state index contributed by atoms with van der Waals surface area (Å²) in [7, 11) is 6.08. The first-order valence-corrected chi connectivity index (χ1v) is 10.8. The summed E-state index contributed by atoms with van der Waals surface area (Å²) in [6, 6.07) is 4.86. The fourth-order valence-electron chi connectivity index (χ4n) is 4.50. The molecule has 1 amide bonds. The molecule has 2 aliphatic heterocycles. The van der Waals surface area contributed by atoms with Gasteiger partial charge in [0.25, 0.3) is 0 Å². The molecule has 6 heteroatoms. The van der Waals surface area contributed by atoms with Crippen LogP contribution in [-0.2, 0) is 11.3 Å². The number of piperidine rings is 2. The molecule has 0 saturated carbocycles. The number of nitrogens with zero attached hydrogens (tertiary/aromatic N) is 5. The average molecular weight is 388 g/mol. The summed E-state index contributed by atoms with van der Waals surface area (Å²) in [4.78, 5) is 26.2. The highest BCUT2D eigenvalue weighted by Crippen LogP contribution is 2.25. The van der Waals surface area contributed by atoms with Gasteiger partial charge in [0.15, 0.2) is 0 Å². The molecule has 1 aromatic heterocycles. The molecule has 0 bridgehead atoms. The second-order valence-electron chi connectivity index (χ2n) is 8.76. The van der Waals surface area contributed by atoms with Gasteiger partial charge in [-0.2, -0.15) is 0 Å². The molecule has 28 heavy (non-hydrogen) atoms. The summed E-state index contributed by atoms with van der Waals surface area (Å²) >= 11 is 0. The fourth-order valence-corrected chi connectivity index (χ4v) is 4.50. The summed E-state index contributed by atoms with van der Waals surface area (Å²) in [5.41, 5.74) is 1.35. The Morgan fingerprint density at radius 1 is 1.07 bits per heavy atom. The first-order valence-electron chi connectivity index (χ1n) is 10.8. The maximum absolute atomic E-state index is 12.9. The molecule has 3 rings (SSSR count). The largest absolute Gasteiger partial charge is 0.344 e. The minimum Gasteiger partial charge on any atom is -0.344 e. The second kappa shape index (κ2) is 10.3. The summed E-state index contributed by atoms with van der Waals surface area (Å²) in [5, 5.41) is 0. The van der Waals surface area contributed by atoms with Crippen LogP contribution in [0.1, 0.15) is 31.2 Å². The quantitative estimate of drug-likeness (QED) is 0.713. The zero-order valence-corrected chi connectivity index (χ0v) is 17.9. The zero-order valence-electron chi connectivity index (χ0n) is 17.9. The Labute approximate surface area is 170 Å². The van der Waals surface area contributed by atoms with Crippen molar-refractivity contribution in [2.24, 2.45) is 5.92 Å². The van der Waals surface area contributed by atoms with E-state index in [1.165, 1.54) is 18.4 Å². The monoisotopic (exact) mass is 387 g/mol. The molecule has 0 N–H and O–H groups in total. The highest BCUT2D eigenvalue weighted by molar-refractivity contribution is 5.78. The van der Waals surface area contributed by atoms with Gasteiger partial charge in [-0.3, -0.25) is 19.6 Å². The van der Waals surface area contributed by atoms with Crippen molar-refractivity contribution in [3.05, 3.63) is 30.1 Å². The van der Waals surface area contributed by atoms with E-state index in [0.717, 1.165) is 58.7 Å². The molecule has 2 fully saturated rings. The third kappa shape index (κ3) is 6.00. The molecule has 0 aliphatic carbocycles. The van der Waals surface area contributed by atoms with Crippen LogP contribution in [0.15, 0.2) is 24.5 Å². The Morgan fingerprint density at radius 2 is 1.79 bits per heavy atom. The highest BCUT2D eigenvalue weighted by atomic mass is 16.2. The van der Waals surface area contributed by atoms with Crippen LogP contribution in [0.4, 0.5) is 0 Å². The molecular weight excluding hydrogens is 350 g/mol. The van der Waals surface area contributed by atoms with Gasteiger partial charge in [-0.15, -0.1) is 0 Å². The number of likely N-dealkylation sites (N-methyl/N-ethyl adjacent to an activating group) is 2. The highest BCUT2D eigenvalue weighted by Gasteiger charge is 2.32. The van der Waals surface area contributed by atoms with Crippen LogP contribution < -0.4 is 0 Å². The van der Waals surface area contributed by atoms with Crippen molar-refractivity contribution in [3.8, 4) is 0 Å². The van der Waals surface area contributed by atoms with E-state index in [2.05, 4.69) is 45.9 Å². The van der Waals surface area contributed by atoms with Gasteiger partial charge in [-0.05, 0) is 77.1 Å². The lowest BCUT2D eigenvalue weighted by Gasteiger charge is -2.42. The number of amides is 1. The average Bonchev–Trinajstić information content (AvgIpc) is 2.73. The molecule has 1 atom stereocenters. The van der Waals surface area contributed by atoms with Gasteiger partial charge < -0.3 is 9.80 Å². The molecule has 1 unspecified atom stereocenters. The number of hydrogen-bond acceptors (Lipinski definition) is 5. The molecule has 1 aromatic rings. The smallest absolute Gasteiger partial charge is 0.226 e. The van der Waals surface area contributed by atoms with E-state index in [0.29, 0.717) is 11.9 Å². The van der Waals surface area contributed by atoms with Crippen molar-refractivity contribution in [1.82, 2.24) is 24.6 Å². The number of aromatic nitrogens is 1. The van der Waals surface area contributed by atoms with Gasteiger partial charge in [-0.25, -0.2) is 0 Å². The molecule has 0 spiro atoms. The van der Waals surface area contributed by atoms with Gasteiger partial charge in [-0.1, -0.05) is 0 Å². The van der Waals surface area contributed by atoms with E-state index in [-0.39, 0.29) is 5.92 Å². The van der Waals surface area contributed by atoms with E-state index in [1.807, 2.05) is 24.3 Å². The molecule has 0 radical (unpaired) electrons. The van der Waals surface area contributed by atoms with Crippen LogP contribution in [0.25, 0.3) is 0 Å². The molecule has 0 aromatic carbocycles. The lowest BCUT2D eigenvalue weighted by Crippen LogP contribution is -2.51. The zero-order chi connectivity index (χ0) is 19.9. The van der Waals surface area contributed by atoms with Crippen molar-refractivity contribution < 1.29 is 4.79 Å². The SMILES string of the molecule is CN(C)CCN(C)C(=O)C1CCCN(C2CCN(Cc3ccncc3)CC2)C1. The third-order valence-corrected chi connectivity index (χ3v) is 6.29. The lowest BCUT2D eigenvalue weighted by atomic mass is 9.93. The van der Waals surface area contributed by atoms with Crippen LogP contribution in [0.5, 0.6) is 0 Å². The van der Waals surface area contributed by atoms with Gasteiger partial charge >= 0.3 is 0 Å². The molecular formula is C22H37N5O. The summed E-state index contributed by atoms with van der Waals surface area (Å²) in [6.45, 7) is 7.15. The Kier molecular flexibility index (Phi) is 7.82. The maximum atomic E-state index is 12.9. The van der Waals surface area contributed by atoms with Crippen molar-refractivity contribution in [1.29, 1.82) is 0 Å². The van der Waals surface area contributed by atoms with Crippen LogP contribution in [0.2, 0.25) is 0 Å². The van der Waals surface area contributed by atoms with E-state index in [9.17, 15) is 4.79 Å². The van der Waals surface area contributed by atoms with Gasteiger partial charge in [0.05, 0.1) is 5.92 Å². The Balaban J connectivity index is 1.45. The number of pyridine rings is 1. The van der Waals surface area contributed by atoms with Crippen LogP contribution in [0, 0.1) is 5.92 Å². The van der Waals surface area contributed by atoms with Gasteiger partial charge in [0, 0.05) is 51.7 Å². The number of hydrogen-bond donors (Lipinski definition) is 0. The Bertz CT molecular complexity index is 600. The van der Waals surface area contributed by atoms with Crippen molar-refractivity contribution in [2.75, 3.05) is 60.4 Å². The van der Waals surface area contributed by atoms with Crippen LogP contribution in [0.3, 0.4) is 0 Å². The minimum atomic E-state index is 0.177. The first-order chi connectivity index (χ1) is 13.5. The van der Waals surface area contributed by atoms with E-state index in [1.54, 1.807) is 0 Å². The van der Waals surface area contributed by atoms with Gasteiger partial charge in [0.1, 0.15) is 0 Å². The predicted octanol–water partition coefficient (Wildman–Crippen LogP) is 1.78.